The molecule has 0 radical (unpaired) electrons. The fourth-order valence-corrected chi connectivity index (χ4v) is 4.02. The number of thiazole rings is 1. The van der Waals surface area contributed by atoms with Crippen molar-refractivity contribution in [2.24, 2.45) is 7.05 Å². The Labute approximate surface area is 167 Å². The van der Waals surface area contributed by atoms with Gasteiger partial charge in [0, 0.05) is 43.2 Å². The van der Waals surface area contributed by atoms with Crippen LogP contribution in [0.4, 0.5) is 0 Å². The number of nitrogens with zero attached hydrogens (tertiary/aromatic N) is 4. The first-order valence-electron chi connectivity index (χ1n) is 9.11. The third-order valence-corrected chi connectivity index (χ3v) is 5.65. The Balaban J connectivity index is 1.52. The van der Waals surface area contributed by atoms with Gasteiger partial charge in [-0.05, 0) is 12.5 Å². The molecule has 4 rings (SSSR count). The smallest absolute Gasteiger partial charge is 0.273 e. The number of carbonyl (C=O) groups is 2. The summed E-state index contributed by atoms with van der Waals surface area (Å²) in [7, 11) is 1.84. The molecule has 0 spiro atoms. The SMILES string of the molecule is Cc1nc(C(=O)N2CCc3c(c(C(=O)NCc4ccccc4)nn3C)C2)cs1. The second-order valence-corrected chi connectivity index (χ2v) is 7.86. The van der Waals surface area contributed by atoms with Crippen molar-refractivity contribution in [3.63, 3.8) is 0 Å². The normalized spacial score (nSPS) is 13.3. The van der Waals surface area contributed by atoms with E-state index < -0.39 is 0 Å². The first-order chi connectivity index (χ1) is 13.5. The molecule has 144 valence electrons. The van der Waals surface area contributed by atoms with E-state index in [1.54, 1.807) is 15.0 Å². The third-order valence-electron chi connectivity index (χ3n) is 4.88. The van der Waals surface area contributed by atoms with Crippen LogP contribution in [0, 0.1) is 6.92 Å². The molecule has 3 aromatic rings. The molecule has 0 saturated carbocycles. The summed E-state index contributed by atoms with van der Waals surface area (Å²) >= 11 is 1.46. The quantitative estimate of drug-likeness (QED) is 0.735. The lowest BCUT2D eigenvalue weighted by Crippen LogP contribution is -2.37. The highest BCUT2D eigenvalue weighted by molar-refractivity contribution is 7.09. The van der Waals surface area contributed by atoms with Gasteiger partial charge in [-0.3, -0.25) is 14.3 Å². The van der Waals surface area contributed by atoms with E-state index in [0.717, 1.165) is 21.8 Å². The number of nitrogens with one attached hydrogen (secondary N) is 1. The van der Waals surface area contributed by atoms with Gasteiger partial charge in [0.1, 0.15) is 5.69 Å². The number of rotatable bonds is 4. The van der Waals surface area contributed by atoms with Crippen molar-refractivity contribution in [3.8, 4) is 0 Å². The van der Waals surface area contributed by atoms with Crippen molar-refractivity contribution >= 4 is 23.2 Å². The second-order valence-electron chi connectivity index (χ2n) is 6.79. The van der Waals surface area contributed by atoms with Crippen LogP contribution in [0.2, 0.25) is 0 Å². The number of amides is 2. The number of aryl methyl sites for hydroxylation is 2. The van der Waals surface area contributed by atoms with Crippen LogP contribution in [0.25, 0.3) is 0 Å². The van der Waals surface area contributed by atoms with Gasteiger partial charge in [-0.1, -0.05) is 30.3 Å². The number of fused-ring (bicyclic) bond motifs is 1. The molecule has 0 bridgehead atoms. The summed E-state index contributed by atoms with van der Waals surface area (Å²) < 4.78 is 1.75. The summed E-state index contributed by atoms with van der Waals surface area (Å²) in [6.45, 7) is 3.28. The van der Waals surface area contributed by atoms with Crippen molar-refractivity contribution in [1.82, 2.24) is 25.0 Å². The van der Waals surface area contributed by atoms with Crippen LogP contribution in [0.15, 0.2) is 35.7 Å². The maximum atomic E-state index is 12.8. The van der Waals surface area contributed by atoms with Gasteiger partial charge in [0.2, 0.25) is 0 Å². The highest BCUT2D eigenvalue weighted by Gasteiger charge is 2.30. The van der Waals surface area contributed by atoms with Crippen molar-refractivity contribution in [3.05, 3.63) is 68.9 Å². The molecular weight excluding hydrogens is 374 g/mol. The van der Waals surface area contributed by atoms with Crippen LogP contribution in [0.5, 0.6) is 0 Å². The second kappa shape index (κ2) is 7.55. The Kier molecular flexibility index (Phi) is 4.95. The standard InChI is InChI=1S/C20H21N5O2S/c1-13-22-16(12-28-13)20(27)25-9-8-17-15(11-25)18(23-24(17)2)19(26)21-10-14-6-4-3-5-7-14/h3-7,12H,8-11H2,1-2H3,(H,21,26). The van der Waals surface area contributed by atoms with E-state index in [0.29, 0.717) is 37.4 Å². The number of carbonyl (C=O) groups excluding carboxylic acids is 2. The number of aromatic nitrogens is 3. The molecule has 2 aromatic heterocycles. The van der Waals surface area contributed by atoms with E-state index >= 15 is 0 Å². The lowest BCUT2D eigenvalue weighted by atomic mass is 10.0. The van der Waals surface area contributed by atoms with Crippen LogP contribution >= 0.6 is 11.3 Å². The lowest BCUT2D eigenvalue weighted by molar-refractivity contribution is 0.0725. The molecule has 1 N–H and O–H groups in total. The zero-order valence-electron chi connectivity index (χ0n) is 15.8. The van der Waals surface area contributed by atoms with Gasteiger partial charge in [0.15, 0.2) is 5.69 Å². The molecular formula is C20H21N5O2S. The van der Waals surface area contributed by atoms with Crippen LogP contribution in [0.3, 0.4) is 0 Å². The van der Waals surface area contributed by atoms with Gasteiger partial charge in [-0.2, -0.15) is 5.10 Å². The molecule has 28 heavy (non-hydrogen) atoms. The fraction of sp³-hybridized carbons (Fsp3) is 0.300. The molecule has 0 saturated heterocycles. The molecule has 0 unspecified atom stereocenters. The molecule has 8 heteroatoms. The topological polar surface area (TPSA) is 80.1 Å². The molecule has 0 atom stereocenters. The summed E-state index contributed by atoms with van der Waals surface area (Å²) in [5.41, 5.74) is 3.70. The Morgan fingerprint density at radius 1 is 1.25 bits per heavy atom. The maximum absolute atomic E-state index is 12.8. The van der Waals surface area contributed by atoms with E-state index in [4.69, 9.17) is 0 Å². The Morgan fingerprint density at radius 2 is 2.04 bits per heavy atom. The summed E-state index contributed by atoms with van der Waals surface area (Å²) in [6, 6.07) is 9.74. The van der Waals surface area contributed by atoms with Gasteiger partial charge < -0.3 is 10.2 Å². The third kappa shape index (κ3) is 3.55. The summed E-state index contributed by atoms with van der Waals surface area (Å²) in [5.74, 6) is -0.325. The first kappa shape index (κ1) is 18.4. The van der Waals surface area contributed by atoms with Crippen LogP contribution in [0.1, 0.15) is 42.8 Å². The summed E-state index contributed by atoms with van der Waals surface area (Å²) in [4.78, 5) is 31.6. The Morgan fingerprint density at radius 3 is 2.75 bits per heavy atom. The van der Waals surface area contributed by atoms with Crippen LogP contribution in [-0.4, -0.2) is 38.0 Å². The minimum Gasteiger partial charge on any atom is -0.347 e. The lowest BCUT2D eigenvalue weighted by Gasteiger charge is -2.27. The average Bonchev–Trinajstić information content (AvgIpc) is 3.29. The molecule has 2 amide bonds. The van der Waals surface area contributed by atoms with E-state index in [9.17, 15) is 9.59 Å². The first-order valence-corrected chi connectivity index (χ1v) is 9.99. The minimum atomic E-state index is -0.223. The van der Waals surface area contributed by atoms with Gasteiger partial charge in [0.25, 0.3) is 11.8 Å². The van der Waals surface area contributed by atoms with Crippen LogP contribution < -0.4 is 5.32 Å². The molecule has 0 aliphatic carbocycles. The summed E-state index contributed by atoms with van der Waals surface area (Å²) in [6.07, 6.45) is 0.666. The van der Waals surface area contributed by atoms with Crippen LogP contribution in [-0.2, 0) is 26.6 Å². The number of benzene rings is 1. The maximum Gasteiger partial charge on any atom is 0.273 e. The molecule has 1 aliphatic heterocycles. The molecule has 0 fully saturated rings. The van der Waals surface area contributed by atoms with Gasteiger partial charge >= 0.3 is 0 Å². The van der Waals surface area contributed by atoms with Crippen molar-refractivity contribution in [1.29, 1.82) is 0 Å². The molecule has 3 heterocycles. The monoisotopic (exact) mass is 395 g/mol. The number of hydrogen-bond acceptors (Lipinski definition) is 5. The van der Waals surface area contributed by atoms with E-state index in [2.05, 4.69) is 15.4 Å². The zero-order valence-corrected chi connectivity index (χ0v) is 16.6. The van der Waals surface area contributed by atoms with Crippen molar-refractivity contribution in [2.75, 3.05) is 6.54 Å². The molecule has 1 aromatic carbocycles. The predicted octanol–water partition coefficient (Wildman–Crippen LogP) is 2.31. The number of hydrogen-bond donors (Lipinski definition) is 1. The molecule has 1 aliphatic rings. The van der Waals surface area contributed by atoms with E-state index in [1.165, 1.54) is 11.3 Å². The molecule has 7 nitrogen and oxygen atoms in total. The Bertz CT molecular complexity index is 1020. The van der Waals surface area contributed by atoms with Gasteiger partial charge in [-0.25, -0.2) is 4.98 Å². The fourth-order valence-electron chi connectivity index (χ4n) is 3.43. The zero-order chi connectivity index (χ0) is 19.7. The Hall–Kier alpha value is -3.00. The summed E-state index contributed by atoms with van der Waals surface area (Å²) in [5, 5.41) is 10.0. The van der Waals surface area contributed by atoms with Crippen molar-refractivity contribution < 1.29 is 9.59 Å². The average molecular weight is 395 g/mol. The van der Waals surface area contributed by atoms with Gasteiger partial charge in [-0.15, -0.1) is 11.3 Å². The highest BCUT2D eigenvalue weighted by Crippen LogP contribution is 2.24. The van der Waals surface area contributed by atoms with E-state index in [-0.39, 0.29) is 11.8 Å². The largest absolute Gasteiger partial charge is 0.347 e. The van der Waals surface area contributed by atoms with Crippen molar-refractivity contribution in [2.45, 2.75) is 26.4 Å². The highest BCUT2D eigenvalue weighted by atomic mass is 32.1. The van der Waals surface area contributed by atoms with Gasteiger partial charge in [0.05, 0.1) is 11.6 Å². The minimum absolute atomic E-state index is 0.102. The van der Waals surface area contributed by atoms with E-state index in [1.807, 2.05) is 44.3 Å². The predicted molar refractivity (Wildman–Crippen MR) is 106 cm³/mol.